The number of halogens is 1. The molecule has 0 saturated heterocycles. The van der Waals surface area contributed by atoms with Crippen molar-refractivity contribution in [3.63, 3.8) is 0 Å². The lowest BCUT2D eigenvalue weighted by molar-refractivity contribution is 0.277. The Kier molecular flexibility index (Phi) is 1.75. The van der Waals surface area contributed by atoms with Crippen LogP contribution in [0.25, 0.3) is 11.0 Å². The summed E-state index contributed by atoms with van der Waals surface area (Å²) in [7, 11) is 0. The van der Waals surface area contributed by atoms with Gasteiger partial charge in [0.05, 0.1) is 17.3 Å². The lowest BCUT2D eigenvalue weighted by atomic mass is 10.3. The van der Waals surface area contributed by atoms with E-state index in [0.29, 0.717) is 10.7 Å². The van der Waals surface area contributed by atoms with Gasteiger partial charge in [-0.15, -0.1) is 0 Å². The van der Waals surface area contributed by atoms with E-state index >= 15 is 0 Å². The smallest absolute Gasteiger partial charge is 0.137 e. The van der Waals surface area contributed by atoms with Crippen molar-refractivity contribution in [3.8, 4) is 0 Å². The molecule has 0 aliphatic heterocycles. The number of aliphatic hydroxyl groups excluding tert-OH is 1. The molecule has 12 heavy (non-hydrogen) atoms. The summed E-state index contributed by atoms with van der Waals surface area (Å²) in [6.45, 7) is -0.131. The van der Waals surface area contributed by atoms with Crippen LogP contribution in [0, 0.1) is 0 Å². The molecule has 0 aliphatic carbocycles. The summed E-state index contributed by atoms with van der Waals surface area (Å²) >= 11 is 5.82. The molecule has 0 radical (unpaired) electrons. The molecule has 4 heteroatoms. The maximum absolute atomic E-state index is 8.85. The van der Waals surface area contributed by atoms with Crippen LogP contribution in [0.1, 0.15) is 5.69 Å². The van der Waals surface area contributed by atoms with Crippen LogP contribution in [0.2, 0.25) is 5.02 Å². The summed E-state index contributed by atoms with van der Waals surface area (Å²) in [5.74, 6) is 0. The van der Waals surface area contributed by atoms with E-state index in [2.05, 4.69) is 9.97 Å². The number of nitrogens with zero attached hydrogens (tertiary/aromatic N) is 1. The van der Waals surface area contributed by atoms with Gasteiger partial charge in [0.25, 0.3) is 0 Å². The fourth-order valence-electron chi connectivity index (χ4n) is 1.11. The number of nitrogens with one attached hydrogen (secondary N) is 1. The van der Waals surface area contributed by atoms with Gasteiger partial charge in [-0.25, -0.2) is 4.98 Å². The lowest BCUT2D eigenvalue weighted by Crippen LogP contribution is -1.90. The Labute approximate surface area is 74.0 Å². The number of H-pyrrole nitrogens is 1. The number of rotatable bonds is 1. The number of pyridine rings is 1. The van der Waals surface area contributed by atoms with Gasteiger partial charge in [-0.2, -0.15) is 0 Å². The van der Waals surface area contributed by atoms with Crippen LogP contribution in [0.4, 0.5) is 0 Å². The van der Waals surface area contributed by atoms with Crippen LogP contribution in [-0.2, 0) is 6.61 Å². The van der Waals surface area contributed by atoms with E-state index in [1.165, 1.54) is 0 Å². The van der Waals surface area contributed by atoms with Gasteiger partial charge in [0.15, 0.2) is 0 Å². The Morgan fingerprint density at radius 3 is 3.17 bits per heavy atom. The average molecular weight is 183 g/mol. The lowest BCUT2D eigenvalue weighted by Gasteiger charge is -1.98. The third kappa shape index (κ3) is 1.07. The second-order valence-electron chi connectivity index (χ2n) is 2.49. The van der Waals surface area contributed by atoms with E-state index in [1.54, 1.807) is 12.3 Å². The molecule has 0 bridgehead atoms. The Balaban J connectivity index is 2.73. The van der Waals surface area contributed by atoms with E-state index in [1.807, 2.05) is 6.07 Å². The SMILES string of the molecule is OCc1nc2[nH]ccc2cc1Cl. The van der Waals surface area contributed by atoms with Crippen molar-refractivity contribution < 1.29 is 5.11 Å². The number of aliphatic hydroxyl groups is 1. The van der Waals surface area contributed by atoms with Gasteiger partial charge in [-0.3, -0.25) is 0 Å². The summed E-state index contributed by atoms with van der Waals surface area (Å²) in [6.07, 6.45) is 1.79. The molecule has 2 aromatic rings. The Morgan fingerprint density at radius 1 is 1.58 bits per heavy atom. The largest absolute Gasteiger partial charge is 0.390 e. The fraction of sp³-hybridized carbons (Fsp3) is 0.125. The molecule has 3 nitrogen and oxygen atoms in total. The van der Waals surface area contributed by atoms with E-state index < -0.39 is 0 Å². The van der Waals surface area contributed by atoms with Crippen molar-refractivity contribution in [1.29, 1.82) is 0 Å². The Hall–Kier alpha value is -1.06. The molecule has 0 unspecified atom stereocenters. The third-order valence-electron chi connectivity index (χ3n) is 1.71. The van der Waals surface area contributed by atoms with E-state index in [-0.39, 0.29) is 6.61 Å². The second-order valence-corrected chi connectivity index (χ2v) is 2.90. The van der Waals surface area contributed by atoms with Gasteiger partial charge >= 0.3 is 0 Å². The molecule has 0 aliphatic rings. The predicted molar refractivity (Wildman–Crippen MR) is 47.0 cm³/mol. The number of aromatic nitrogens is 2. The molecule has 2 aromatic heterocycles. The molecule has 0 fully saturated rings. The van der Waals surface area contributed by atoms with Gasteiger partial charge in [0.1, 0.15) is 5.65 Å². The molecule has 0 spiro atoms. The van der Waals surface area contributed by atoms with Crippen molar-refractivity contribution >= 4 is 22.6 Å². The summed E-state index contributed by atoms with van der Waals surface area (Å²) in [6, 6.07) is 3.67. The van der Waals surface area contributed by atoms with Crippen molar-refractivity contribution in [2.45, 2.75) is 6.61 Å². The molecule has 2 heterocycles. The predicted octanol–water partition coefficient (Wildman–Crippen LogP) is 1.71. The zero-order valence-corrected chi connectivity index (χ0v) is 6.97. The van der Waals surface area contributed by atoms with Crippen LogP contribution >= 0.6 is 11.6 Å². The van der Waals surface area contributed by atoms with Crippen molar-refractivity contribution in [2.75, 3.05) is 0 Å². The minimum atomic E-state index is -0.131. The third-order valence-corrected chi connectivity index (χ3v) is 2.04. The topological polar surface area (TPSA) is 48.9 Å². The van der Waals surface area contributed by atoms with Crippen molar-refractivity contribution in [3.05, 3.63) is 29.0 Å². The van der Waals surface area contributed by atoms with Gasteiger partial charge < -0.3 is 10.1 Å². The molecule has 62 valence electrons. The molecular weight excluding hydrogens is 176 g/mol. The molecule has 0 atom stereocenters. The van der Waals surface area contributed by atoms with Crippen LogP contribution in [0.3, 0.4) is 0 Å². The van der Waals surface area contributed by atoms with Crippen molar-refractivity contribution in [1.82, 2.24) is 9.97 Å². The molecule has 2 rings (SSSR count). The minimum absolute atomic E-state index is 0.131. The highest BCUT2D eigenvalue weighted by Crippen LogP contribution is 2.19. The number of aromatic amines is 1. The normalized spacial score (nSPS) is 10.8. The van der Waals surface area contributed by atoms with Crippen LogP contribution in [0.15, 0.2) is 18.3 Å². The first kappa shape index (κ1) is 7.58. The summed E-state index contributed by atoms with van der Waals surface area (Å²) in [5.41, 5.74) is 1.26. The highest BCUT2D eigenvalue weighted by molar-refractivity contribution is 6.31. The minimum Gasteiger partial charge on any atom is -0.390 e. The second kappa shape index (κ2) is 2.77. The van der Waals surface area contributed by atoms with E-state index in [9.17, 15) is 0 Å². The highest BCUT2D eigenvalue weighted by atomic mass is 35.5. The average Bonchev–Trinajstić information content (AvgIpc) is 2.49. The van der Waals surface area contributed by atoms with Crippen LogP contribution < -0.4 is 0 Å². The Morgan fingerprint density at radius 2 is 2.42 bits per heavy atom. The zero-order chi connectivity index (χ0) is 8.55. The first-order valence-corrected chi connectivity index (χ1v) is 3.92. The Bertz CT molecular complexity index is 410. The van der Waals surface area contributed by atoms with Crippen LogP contribution in [0.5, 0.6) is 0 Å². The van der Waals surface area contributed by atoms with E-state index in [0.717, 1.165) is 11.0 Å². The quantitative estimate of drug-likeness (QED) is 0.706. The number of fused-ring (bicyclic) bond motifs is 1. The van der Waals surface area contributed by atoms with Gasteiger partial charge in [0, 0.05) is 11.6 Å². The maximum atomic E-state index is 8.85. The molecule has 0 saturated carbocycles. The fourth-order valence-corrected chi connectivity index (χ4v) is 1.32. The molecular formula is C8H7ClN2O. The summed E-state index contributed by atoms with van der Waals surface area (Å²) in [4.78, 5) is 7.06. The van der Waals surface area contributed by atoms with Gasteiger partial charge in [-0.05, 0) is 12.1 Å². The highest BCUT2D eigenvalue weighted by Gasteiger charge is 2.03. The summed E-state index contributed by atoms with van der Waals surface area (Å²) < 4.78 is 0. The maximum Gasteiger partial charge on any atom is 0.137 e. The first-order valence-electron chi connectivity index (χ1n) is 3.54. The van der Waals surface area contributed by atoms with Gasteiger partial charge in [0.2, 0.25) is 0 Å². The molecule has 0 aromatic carbocycles. The van der Waals surface area contributed by atoms with E-state index in [4.69, 9.17) is 16.7 Å². The summed E-state index contributed by atoms with van der Waals surface area (Å²) in [5, 5.41) is 10.3. The number of hydrogen-bond acceptors (Lipinski definition) is 2. The number of hydrogen-bond donors (Lipinski definition) is 2. The first-order chi connectivity index (χ1) is 5.81. The van der Waals surface area contributed by atoms with Crippen LogP contribution in [-0.4, -0.2) is 15.1 Å². The zero-order valence-electron chi connectivity index (χ0n) is 6.21. The standard InChI is InChI=1S/C8H7ClN2O/c9-6-3-5-1-2-10-8(5)11-7(6)4-12/h1-3,12H,4H2,(H,10,11). The molecule has 0 amide bonds. The monoisotopic (exact) mass is 182 g/mol. The van der Waals surface area contributed by atoms with Gasteiger partial charge in [-0.1, -0.05) is 11.6 Å². The van der Waals surface area contributed by atoms with Crippen molar-refractivity contribution in [2.24, 2.45) is 0 Å². The molecule has 2 N–H and O–H groups in total.